The molecule has 0 atom stereocenters. The summed E-state index contributed by atoms with van der Waals surface area (Å²) in [4.78, 5) is 24.6. The molecule has 8 nitrogen and oxygen atoms in total. The van der Waals surface area contributed by atoms with E-state index in [1.54, 1.807) is 6.07 Å². The Balaban J connectivity index is 1.72. The predicted molar refractivity (Wildman–Crippen MR) is 133 cm³/mol. The lowest BCUT2D eigenvalue weighted by atomic mass is 10.1. The molecule has 9 heteroatoms. The van der Waals surface area contributed by atoms with Gasteiger partial charge in [0.2, 0.25) is 10.0 Å². The van der Waals surface area contributed by atoms with Gasteiger partial charge in [-0.25, -0.2) is 13.2 Å². The van der Waals surface area contributed by atoms with E-state index in [1.807, 2.05) is 56.3 Å². The highest BCUT2D eigenvalue weighted by molar-refractivity contribution is 7.89. The SMILES string of the molecule is COc1ccc(C(=O)OCC(=O)Nc2ccc(C)c(C)c2)cc1S(=O)(=O)N(C)Cc1ccccc1. The van der Waals surface area contributed by atoms with Gasteiger partial charge in [0.1, 0.15) is 10.6 Å². The van der Waals surface area contributed by atoms with Crippen molar-refractivity contribution in [2.24, 2.45) is 0 Å². The van der Waals surface area contributed by atoms with Gasteiger partial charge < -0.3 is 14.8 Å². The largest absolute Gasteiger partial charge is 0.495 e. The zero-order valence-electron chi connectivity index (χ0n) is 20.1. The van der Waals surface area contributed by atoms with Gasteiger partial charge in [0.05, 0.1) is 12.7 Å². The zero-order valence-corrected chi connectivity index (χ0v) is 20.9. The number of methoxy groups -OCH3 is 1. The van der Waals surface area contributed by atoms with Crippen LogP contribution in [0.15, 0.2) is 71.6 Å². The summed E-state index contributed by atoms with van der Waals surface area (Å²) in [5.74, 6) is -1.25. The Morgan fingerprint density at radius 3 is 2.31 bits per heavy atom. The van der Waals surface area contributed by atoms with Crippen molar-refractivity contribution < 1.29 is 27.5 Å². The fraction of sp³-hybridized carbons (Fsp3) is 0.231. The zero-order chi connectivity index (χ0) is 25.6. The number of anilines is 1. The second-order valence-electron chi connectivity index (χ2n) is 8.04. The van der Waals surface area contributed by atoms with Crippen molar-refractivity contribution in [2.45, 2.75) is 25.3 Å². The predicted octanol–water partition coefficient (Wildman–Crippen LogP) is 3.93. The average Bonchev–Trinajstić information content (AvgIpc) is 2.85. The van der Waals surface area contributed by atoms with E-state index in [-0.39, 0.29) is 22.8 Å². The molecule has 0 saturated carbocycles. The molecule has 3 aromatic rings. The van der Waals surface area contributed by atoms with Gasteiger partial charge in [-0.1, -0.05) is 36.4 Å². The Morgan fingerprint density at radius 2 is 1.66 bits per heavy atom. The van der Waals surface area contributed by atoms with Crippen LogP contribution in [0.1, 0.15) is 27.0 Å². The van der Waals surface area contributed by atoms with Crippen LogP contribution in [0.3, 0.4) is 0 Å². The lowest BCUT2D eigenvalue weighted by Crippen LogP contribution is -2.27. The summed E-state index contributed by atoms with van der Waals surface area (Å²) in [6, 6.07) is 18.6. The molecule has 0 aliphatic heterocycles. The minimum absolute atomic E-state index is 0.0172. The van der Waals surface area contributed by atoms with Crippen molar-refractivity contribution in [1.29, 1.82) is 0 Å². The molecule has 0 heterocycles. The number of esters is 1. The lowest BCUT2D eigenvalue weighted by Gasteiger charge is -2.19. The quantitative estimate of drug-likeness (QED) is 0.451. The van der Waals surface area contributed by atoms with Crippen LogP contribution in [0.4, 0.5) is 5.69 Å². The van der Waals surface area contributed by atoms with Crippen molar-refractivity contribution in [1.82, 2.24) is 4.31 Å². The minimum atomic E-state index is -3.99. The first-order valence-corrected chi connectivity index (χ1v) is 12.3. The topological polar surface area (TPSA) is 102 Å². The van der Waals surface area contributed by atoms with Crippen LogP contribution in [-0.2, 0) is 26.1 Å². The Hall–Kier alpha value is -3.69. The summed E-state index contributed by atoms with van der Waals surface area (Å²) in [5.41, 5.74) is 3.49. The summed E-state index contributed by atoms with van der Waals surface area (Å²) < 4.78 is 38.0. The summed E-state index contributed by atoms with van der Waals surface area (Å²) in [7, 11) is -1.20. The second kappa shape index (κ2) is 11.2. The summed E-state index contributed by atoms with van der Waals surface area (Å²) in [5, 5.41) is 2.67. The highest BCUT2D eigenvalue weighted by Gasteiger charge is 2.27. The molecule has 0 aliphatic rings. The number of carbonyl (C=O) groups is 2. The van der Waals surface area contributed by atoms with Crippen LogP contribution in [0.25, 0.3) is 0 Å². The number of hydrogen-bond acceptors (Lipinski definition) is 6. The summed E-state index contributed by atoms with van der Waals surface area (Å²) >= 11 is 0. The Kier molecular flexibility index (Phi) is 8.26. The summed E-state index contributed by atoms with van der Waals surface area (Å²) in [6.07, 6.45) is 0. The van der Waals surface area contributed by atoms with Crippen molar-refractivity contribution in [3.8, 4) is 5.75 Å². The molecule has 0 spiro atoms. The molecular weight excluding hydrogens is 468 g/mol. The molecule has 0 saturated heterocycles. The molecule has 35 heavy (non-hydrogen) atoms. The molecule has 0 bridgehead atoms. The molecule has 0 fully saturated rings. The highest BCUT2D eigenvalue weighted by Crippen LogP contribution is 2.28. The fourth-order valence-electron chi connectivity index (χ4n) is 3.33. The second-order valence-corrected chi connectivity index (χ2v) is 10.0. The number of nitrogens with zero attached hydrogens (tertiary/aromatic N) is 1. The van der Waals surface area contributed by atoms with Crippen LogP contribution < -0.4 is 10.1 Å². The molecule has 1 amide bonds. The van der Waals surface area contributed by atoms with Crippen LogP contribution in [0, 0.1) is 13.8 Å². The first kappa shape index (κ1) is 25.9. The molecule has 3 rings (SSSR count). The minimum Gasteiger partial charge on any atom is -0.495 e. The maximum absolute atomic E-state index is 13.2. The van der Waals surface area contributed by atoms with E-state index in [0.717, 1.165) is 16.7 Å². The molecule has 1 N–H and O–H groups in total. The van der Waals surface area contributed by atoms with Crippen LogP contribution in [0.5, 0.6) is 5.75 Å². The van der Waals surface area contributed by atoms with Gasteiger partial charge in [-0.15, -0.1) is 0 Å². The lowest BCUT2D eigenvalue weighted by molar-refractivity contribution is -0.119. The van der Waals surface area contributed by atoms with E-state index in [4.69, 9.17) is 9.47 Å². The Bertz CT molecular complexity index is 1320. The van der Waals surface area contributed by atoms with Gasteiger partial charge in [-0.05, 0) is 60.9 Å². The molecule has 0 aromatic heterocycles. The Morgan fingerprint density at radius 1 is 0.943 bits per heavy atom. The number of sulfonamides is 1. The number of nitrogens with one attached hydrogen (secondary N) is 1. The molecule has 0 unspecified atom stereocenters. The maximum atomic E-state index is 13.2. The van der Waals surface area contributed by atoms with Crippen LogP contribution in [0.2, 0.25) is 0 Å². The van der Waals surface area contributed by atoms with E-state index in [9.17, 15) is 18.0 Å². The van der Waals surface area contributed by atoms with Gasteiger partial charge in [0.25, 0.3) is 5.91 Å². The number of amides is 1. The molecule has 0 aliphatic carbocycles. The third-order valence-corrected chi connectivity index (χ3v) is 7.29. The monoisotopic (exact) mass is 496 g/mol. The van der Waals surface area contributed by atoms with E-state index in [0.29, 0.717) is 5.69 Å². The van der Waals surface area contributed by atoms with Gasteiger partial charge in [-0.3, -0.25) is 4.79 Å². The summed E-state index contributed by atoms with van der Waals surface area (Å²) in [6.45, 7) is 3.51. The standard InChI is InChI=1S/C26H28N2O6S/c1-18-10-12-22(14-19(18)2)27-25(29)17-34-26(30)21-11-13-23(33-4)24(15-21)35(31,32)28(3)16-20-8-6-5-7-9-20/h5-15H,16-17H2,1-4H3,(H,27,29). The van der Waals surface area contributed by atoms with E-state index in [1.165, 1.54) is 36.7 Å². The highest BCUT2D eigenvalue weighted by atomic mass is 32.2. The normalized spacial score (nSPS) is 11.2. The smallest absolute Gasteiger partial charge is 0.338 e. The maximum Gasteiger partial charge on any atom is 0.338 e. The number of benzene rings is 3. The first-order valence-electron chi connectivity index (χ1n) is 10.8. The van der Waals surface area contributed by atoms with Gasteiger partial charge in [-0.2, -0.15) is 4.31 Å². The molecule has 3 aromatic carbocycles. The van der Waals surface area contributed by atoms with Crippen LogP contribution in [-0.4, -0.2) is 45.4 Å². The average molecular weight is 497 g/mol. The number of hydrogen-bond donors (Lipinski definition) is 1. The molecule has 184 valence electrons. The van der Waals surface area contributed by atoms with E-state index in [2.05, 4.69) is 5.32 Å². The number of aryl methyl sites for hydroxylation is 2. The fourth-order valence-corrected chi connectivity index (χ4v) is 4.67. The third-order valence-electron chi connectivity index (χ3n) is 5.46. The third kappa shape index (κ3) is 6.46. The van der Waals surface area contributed by atoms with Crippen LogP contribution >= 0.6 is 0 Å². The van der Waals surface area contributed by atoms with Crippen molar-refractivity contribution >= 4 is 27.6 Å². The molecular formula is C26H28N2O6S. The van der Waals surface area contributed by atoms with Crippen molar-refractivity contribution in [3.63, 3.8) is 0 Å². The van der Waals surface area contributed by atoms with E-state index >= 15 is 0 Å². The Labute approximate surface area is 205 Å². The number of ether oxygens (including phenoxy) is 2. The van der Waals surface area contributed by atoms with Gasteiger partial charge in [0, 0.05) is 19.3 Å². The first-order chi connectivity index (χ1) is 16.6. The van der Waals surface area contributed by atoms with Gasteiger partial charge >= 0.3 is 5.97 Å². The number of rotatable bonds is 9. The van der Waals surface area contributed by atoms with Gasteiger partial charge in [0.15, 0.2) is 6.61 Å². The van der Waals surface area contributed by atoms with Crippen molar-refractivity contribution in [2.75, 3.05) is 26.1 Å². The number of carbonyl (C=O) groups excluding carboxylic acids is 2. The molecule has 0 radical (unpaired) electrons. The van der Waals surface area contributed by atoms with Crippen molar-refractivity contribution in [3.05, 3.63) is 89.0 Å². The van der Waals surface area contributed by atoms with E-state index < -0.39 is 28.5 Å².